The molecule has 5 heteroatoms. The van der Waals surface area contributed by atoms with E-state index in [0.717, 1.165) is 43.6 Å². The third-order valence-electron chi connectivity index (χ3n) is 5.62. The molecule has 1 aliphatic carbocycles. The molecule has 1 saturated carbocycles. The Kier molecular flexibility index (Phi) is 4.68. The van der Waals surface area contributed by atoms with Crippen molar-refractivity contribution in [2.24, 2.45) is 0 Å². The van der Waals surface area contributed by atoms with Gasteiger partial charge in [-0.3, -0.25) is 0 Å². The van der Waals surface area contributed by atoms with Crippen LogP contribution >= 0.6 is 11.6 Å². The minimum absolute atomic E-state index is 0.00980. The van der Waals surface area contributed by atoms with Gasteiger partial charge in [-0.05, 0) is 55.5 Å². The van der Waals surface area contributed by atoms with Gasteiger partial charge in [0.25, 0.3) is 0 Å². The highest BCUT2D eigenvalue weighted by molar-refractivity contribution is 6.30. The van der Waals surface area contributed by atoms with E-state index in [1.807, 2.05) is 24.3 Å². The van der Waals surface area contributed by atoms with Crippen LogP contribution in [-0.2, 0) is 21.7 Å². The van der Waals surface area contributed by atoms with Crippen molar-refractivity contribution in [2.75, 3.05) is 13.7 Å². The molecule has 138 valence electrons. The Hall–Kier alpha value is -1.62. The van der Waals surface area contributed by atoms with E-state index in [0.29, 0.717) is 17.2 Å². The second-order valence-electron chi connectivity index (χ2n) is 7.23. The largest absolute Gasteiger partial charge is 0.497 e. The first kappa shape index (κ1) is 17.8. The lowest BCUT2D eigenvalue weighted by atomic mass is 9.74. The summed E-state index contributed by atoms with van der Waals surface area (Å²) in [5.41, 5.74) is 0.982. The summed E-state index contributed by atoms with van der Waals surface area (Å²) in [4.78, 5) is 0. The Morgan fingerprint density at radius 1 is 1.08 bits per heavy atom. The monoisotopic (exact) mass is 376 g/mol. The number of methoxy groups -OCH3 is 1. The Bertz CT molecular complexity index is 776. The molecule has 0 aromatic heterocycles. The summed E-state index contributed by atoms with van der Waals surface area (Å²) in [6.07, 6.45) is 3.25. The fraction of sp³-hybridized carbons (Fsp3) is 0.429. The molecule has 0 unspecified atom stereocenters. The van der Waals surface area contributed by atoms with Gasteiger partial charge in [0.1, 0.15) is 11.6 Å². The molecule has 1 saturated heterocycles. The van der Waals surface area contributed by atoms with Crippen LogP contribution in [0.25, 0.3) is 0 Å². The maximum Gasteiger partial charge on any atom is 0.130 e. The first-order valence-corrected chi connectivity index (χ1v) is 9.28. The van der Waals surface area contributed by atoms with E-state index < -0.39 is 5.60 Å². The van der Waals surface area contributed by atoms with Crippen molar-refractivity contribution < 1.29 is 18.6 Å². The maximum atomic E-state index is 14.7. The predicted octanol–water partition coefficient (Wildman–Crippen LogP) is 5.24. The van der Waals surface area contributed by atoms with Crippen molar-refractivity contribution in [1.82, 2.24) is 0 Å². The molecule has 2 aliphatic rings. The van der Waals surface area contributed by atoms with E-state index in [9.17, 15) is 4.39 Å². The highest BCUT2D eigenvalue weighted by Crippen LogP contribution is 2.51. The zero-order valence-electron chi connectivity index (χ0n) is 14.8. The van der Waals surface area contributed by atoms with Crippen LogP contribution in [0.2, 0.25) is 5.02 Å². The van der Waals surface area contributed by atoms with Crippen molar-refractivity contribution in [3.05, 3.63) is 64.4 Å². The Labute approximate surface area is 158 Å². The number of halogens is 2. The number of benzene rings is 2. The van der Waals surface area contributed by atoms with Gasteiger partial charge >= 0.3 is 0 Å². The SMILES string of the molecule is COc1ccc(CO[C@]2(c3ccc(Cl)cc3F)CC[C@@]3(CC2)CO3)cc1. The highest BCUT2D eigenvalue weighted by atomic mass is 35.5. The van der Waals surface area contributed by atoms with Gasteiger partial charge < -0.3 is 14.2 Å². The molecule has 1 aliphatic heterocycles. The van der Waals surface area contributed by atoms with Crippen molar-refractivity contribution in [1.29, 1.82) is 0 Å². The Morgan fingerprint density at radius 3 is 2.35 bits per heavy atom. The van der Waals surface area contributed by atoms with Crippen LogP contribution in [0, 0.1) is 5.82 Å². The van der Waals surface area contributed by atoms with Crippen LogP contribution in [0.4, 0.5) is 4.39 Å². The first-order chi connectivity index (χ1) is 12.5. The standard InChI is InChI=1S/C21H22ClFO3/c1-24-17-5-2-15(3-6-17)13-25-21(10-8-20(9-11-21)14-26-20)18-7-4-16(22)12-19(18)23/h2-7,12H,8-11,13-14H2,1H3/t20-,21-. The van der Waals surface area contributed by atoms with E-state index in [-0.39, 0.29) is 11.4 Å². The maximum absolute atomic E-state index is 14.7. The second-order valence-corrected chi connectivity index (χ2v) is 7.66. The molecule has 0 radical (unpaired) electrons. The molecular weight excluding hydrogens is 355 g/mol. The van der Waals surface area contributed by atoms with Gasteiger partial charge in [0.2, 0.25) is 0 Å². The smallest absolute Gasteiger partial charge is 0.130 e. The average Bonchev–Trinajstić information content (AvgIpc) is 3.42. The summed E-state index contributed by atoms with van der Waals surface area (Å²) in [6, 6.07) is 12.6. The Balaban J connectivity index is 1.58. The van der Waals surface area contributed by atoms with Gasteiger partial charge in [-0.1, -0.05) is 29.8 Å². The molecule has 4 rings (SSSR count). The van der Waals surface area contributed by atoms with Gasteiger partial charge in [0, 0.05) is 10.6 Å². The van der Waals surface area contributed by atoms with E-state index in [1.54, 1.807) is 19.2 Å². The molecule has 0 N–H and O–H groups in total. The van der Waals surface area contributed by atoms with E-state index >= 15 is 0 Å². The normalized spacial score (nSPS) is 27.5. The van der Waals surface area contributed by atoms with Crippen molar-refractivity contribution >= 4 is 11.6 Å². The van der Waals surface area contributed by atoms with Gasteiger partial charge in [-0.15, -0.1) is 0 Å². The summed E-state index contributed by atoms with van der Waals surface area (Å²) in [6.45, 7) is 1.23. The molecule has 2 aromatic carbocycles. The highest BCUT2D eigenvalue weighted by Gasteiger charge is 2.52. The zero-order chi connectivity index (χ0) is 18.2. The van der Waals surface area contributed by atoms with Crippen molar-refractivity contribution in [2.45, 2.75) is 43.5 Å². The lowest BCUT2D eigenvalue weighted by Gasteiger charge is -2.40. The minimum Gasteiger partial charge on any atom is -0.497 e. The molecule has 0 amide bonds. The lowest BCUT2D eigenvalue weighted by molar-refractivity contribution is -0.0988. The third-order valence-corrected chi connectivity index (χ3v) is 5.85. The fourth-order valence-electron chi connectivity index (χ4n) is 3.79. The van der Waals surface area contributed by atoms with Crippen LogP contribution < -0.4 is 4.74 Å². The molecule has 3 nitrogen and oxygen atoms in total. The van der Waals surface area contributed by atoms with Crippen LogP contribution in [0.5, 0.6) is 5.75 Å². The number of hydrogen-bond acceptors (Lipinski definition) is 3. The first-order valence-electron chi connectivity index (χ1n) is 8.91. The molecule has 1 heterocycles. The van der Waals surface area contributed by atoms with Crippen LogP contribution in [-0.4, -0.2) is 19.3 Å². The van der Waals surface area contributed by atoms with E-state index in [4.69, 9.17) is 25.8 Å². The van der Waals surface area contributed by atoms with E-state index in [1.165, 1.54) is 6.07 Å². The van der Waals surface area contributed by atoms with Crippen LogP contribution in [0.1, 0.15) is 36.8 Å². The van der Waals surface area contributed by atoms with Crippen molar-refractivity contribution in [3.63, 3.8) is 0 Å². The molecule has 0 bridgehead atoms. The second kappa shape index (κ2) is 6.84. The third kappa shape index (κ3) is 3.46. The summed E-state index contributed by atoms with van der Waals surface area (Å²) in [5, 5.41) is 0.398. The summed E-state index contributed by atoms with van der Waals surface area (Å²) < 4.78 is 31.9. The summed E-state index contributed by atoms with van der Waals surface area (Å²) in [7, 11) is 1.64. The quantitative estimate of drug-likeness (QED) is 0.668. The molecular formula is C21H22ClFO3. The molecule has 2 aromatic rings. The lowest BCUT2D eigenvalue weighted by Crippen LogP contribution is -2.38. The number of ether oxygens (including phenoxy) is 3. The topological polar surface area (TPSA) is 31.0 Å². The van der Waals surface area contributed by atoms with Gasteiger partial charge in [0.05, 0.1) is 31.5 Å². The fourth-order valence-corrected chi connectivity index (χ4v) is 3.95. The van der Waals surface area contributed by atoms with Gasteiger partial charge in [0.15, 0.2) is 0 Å². The van der Waals surface area contributed by atoms with Crippen molar-refractivity contribution in [3.8, 4) is 5.75 Å². The minimum atomic E-state index is -0.647. The number of rotatable bonds is 5. The average molecular weight is 377 g/mol. The molecule has 0 atom stereocenters. The van der Waals surface area contributed by atoms with Crippen LogP contribution in [0.15, 0.2) is 42.5 Å². The van der Waals surface area contributed by atoms with Gasteiger partial charge in [-0.25, -0.2) is 4.39 Å². The summed E-state index contributed by atoms with van der Waals surface area (Å²) in [5.74, 6) is 0.498. The number of epoxide rings is 1. The van der Waals surface area contributed by atoms with Crippen LogP contribution in [0.3, 0.4) is 0 Å². The predicted molar refractivity (Wildman–Crippen MR) is 98.0 cm³/mol. The van der Waals surface area contributed by atoms with Gasteiger partial charge in [-0.2, -0.15) is 0 Å². The Morgan fingerprint density at radius 2 is 1.77 bits per heavy atom. The molecule has 26 heavy (non-hydrogen) atoms. The number of hydrogen-bond donors (Lipinski definition) is 0. The summed E-state index contributed by atoms with van der Waals surface area (Å²) >= 11 is 5.95. The van der Waals surface area contributed by atoms with E-state index in [2.05, 4.69) is 0 Å². The molecule has 1 spiro atoms. The molecule has 2 fully saturated rings. The zero-order valence-corrected chi connectivity index (χ0v) is 15.5.